The molecule has 0 saturated heterocycles. The van der Waals surface area contributed by atoms with Gasteiger partial charge >= 0.3 is 0 Å². The highest BCUT2D eigenvalue weighted by Crippen LogP contribution is 2.14. The molecule has 9 N–H and O–H groups in total. The number of rotatable bonds is 15. The quantitative estimate of drug-likeness (QED) is 0.154. The number of hydrogen-bond acceptors (Lipinski definition) is 7. The van der Waals surface area contributed by atoms with E-state index in [1.54, 1.807) is 36.4 Å². The largest absolute Gasteiger partial charge is 0.508 e. The SMILES string of the molecule is CC(C)C[C@H](NC(=O)[C@H](Cc1ccccc1)NC(=O)C(C)(C)NC(=O)C(C)(C)NC(=O)[C@@H](N)Cc1ccc(O)cc1)C(N)=O. The van der Waals surface area contributed by atoms with Gasteiger partial charge in [-0.05, 0) is 69.7 Å². The number of carbonyl (C=O) groups is 5. The summed E-state index contributed by atoms with van der Waals surface area (Å²) in [5.74, 6) is -3.00. The molecule has 3 atom stereocenters. The summed E-state index contributed by atoms with van der Waals surface area (Å²) in [6.07, 6.45) is 0.625. The number of primary amides is 1. The maximum atomic E-state index is 13.5. The molecule has 2 aromatic rings. The van der Waals surface area contributed by atoms with Gasteiger partial charge in [-0.15, -0.1) is 0 Å². The molecule has 0 aliphatic heterocycles. The lowest BCUT2D eigenvalue weighted by Gasteiger charge is -2.33. The summed E-state index contributed by atoms with van der Waals surface area (Å²) in [5.41, 5.74) is 10.1. The molecular weight excluding hydrogens is 564 g/mol. The van der Waals surface area contributed by atoms with Crippen molar-refractivity contribution in [2.75, 3.05) is 0 Å². The number of aromatic hydroxyl groups is 1. The molecule has 0 aliphatic rings. The smallest absolute Gasteiger partial charge is 0.246 e. The van der Waals surface area contributed by atoms with Crippen LogP contribution < -0.4 is 32.7 Å². The minimum atomic E-state index is -1.51. The number of phenols is 1. The summed E-state index contributed by atoms with van der Waals surface area (Å²) in [6, 6.07) is 12.3. The Morgan fingerprint density at radius 2 is 1.27 bits per heavy atom. The van der Waals surface area contributed by atoms with E-state index in [0.717, 1.165) is 11.1 Å². The number of phenolic OH excluding ortho intramolecular Hbond substituents is 1. The first-order chi connectivity index (χ1) is 20.4. The Labute approximate surface area is 258 Å². The van der Waals surface area contributed by atoms with Crippen LogP contribution in [0.4, 0.5) is 0 Å². The Hall–Kier alpha value is -4.45. The van der Waals surface area contributed by atoms with Gasteiger partial charge in [0.1, 0.15) is 28.9 Å². The Kier molecular flexibility index (Phi) is 12.5. The minimum absolute atomic E-state index is 0.0790. The lowest BCUT2D eigenvalue weighted by Crippen LogP contribution is -2.65. The summed E-state index contributed by atoms with van der Waals surface area (Å²) in [6.45, 7) is 9.68. The summed E-state index contributed by atoms with van der Waals surface area (Å²) in [5, 5.41) is 20.1. The van der Waals surface area contributed by atoms with Crippen molar-refractivity contribution in [1.82, 2.24) is 21.3 Å². The van der Waals surface area contributed by atoms with Crippen molar-refractivity contribution < 1.29 is 29.1 Å². The van der Waals surface area contributed by atoms with Crippen LogP contribution in [0.5, 0.6) is 5.75 Å². The first-order valence-corrected chi connectivity index (χ1v) is 14.5. The van der Waals surface area contributed by atoms with Gasteiger partial charge in [-0.3, -0.25) is 24.0 Å². The molecule has 12 nitrogen and oxygen atoms in total. The molecular formula is C32H46N6O6. The first-order valence-electron chi connectivity index (χ1n) is 14.5. The second kappa shape index (κ2) is 15.3. The number of nitrogens with two attached hydrogens (primary N) is 2. The van der Waals surface area contributed by atoms with Crippen molar-refractivity contribution in [1.29, 1.82) is 0 Å². The maximum absolute atomic E-state index is 13.5. The lowest BCUT2D eigenvalue weighted by atomic mass is 9.96. The van der Waals surface area contributed by atoms with Crippen molar-refractivity contribution in [2.24, 2.45) is 17.4 Å². The van der Waals surface area contributed by atoms with E-state index in [2.05, 4.69) is 21.3 Å². The highest BCUT2D eigenvalue weighted by atomic mass is 16.3. The molecule has 0 bridgehead atoms. The Morgan fingerprint density at radius 3 is 1.82 bits per heavy atom. The van der Waals surface area contributed by atoms with Gasteiger partial charge in [0.2, 0.25) is 29.5 Å². The zero-order valence-electron chi connectivity index (χ0n) is 26.3. The molecule has 0 unspecified atom stereocenters. The van der Waals surface area contributed by atoms with Crippen molar-refractivity contribution >= 4 is 29.5 Å². The number of hydrogen-bond donors (Lipinski definition) is 7. The van der Waals surface area contributed by atoms with Crippen LogP contribution in [-0.4, -0.2) is 63.8 Å². The van der Waals surface area contributed by atoms with Crippen LogP contribution >= 0.6 is 0 Å². The van der Waals surface area contributed by atoms with Crippen molar-refractivity contribution in [2.45, 2.75) is 90.0 Å². The lowest BCUT2D eigenvalue weighted by molar-refractivity contribution is -0.138. The van der Waals surface area contributed by atoms with E-state index in [-0.39, 0.29) is 24.5 Å². The van der Waals surface area contributed by atoms with E-state index in [1.165, 1.54) is 39.8 Å². The van der Waals surface area contributed by atoms with Gasteiger partial charge in [0.05, 0.1) is 6.04 Å². The molecule has 0 spiro atoms. The summed E-state index contributed by atoms with van der Waals surface area (Å²) in [7, 11) is 0. The van der Waals surface area contributed by atoms with E-state index in [9.17, 15) is 29.1 Å². The average molecular weight is 611 g/mol. The molecule has 2 rings (SSSR count). The van der Waals surface area contributed by atoms with Crippen LogP contribution in [0.2, 0.25) is 0 Å². The molecule has 0 saturated carbocycles. The first kappa shape index (κ1) is 35.7. The van der Waals surface area contributed by atoms with Crippen molar-refractivity contribution in [3.63, 3.8) is 0 Å². The van der Waals surface area contributed by atoms with Gasteiger partial charge in [0.25, 0.3) is 0 Å². The van der Waals surface area contributed by atoms with E-state index in [0.29, 0.717) is 6.42 Å². The third kappa shape index (κ3) is 11.0. The zero-order valence-corrected chi connectivity index (χ0v) is 26.3. The molecule has 5 amide bonds. The Balaban J connectivity index is 2.13. The molecule has 0 aromatic heterocycles. The van der Waals surface area contributed by atoms with Gasteiger partial charge < -0.3 is 37.8 Å². The predicted octanol–water partition coefficient (Wildman–Crippen LogP) is 0.795. The highest BCUT2D eigenvalue weighted by Gasteiger charge is 2.39. The van der Waals surface area contributed by atoms with Gasteiger partial charge in [-0.2, -0.15) is 0 Å². The Bertz CT molecular complexity index is 1310. The summed E-state index contributed by atoms with van der Waals surface area (Å²) >= 11 is 0. The minimum Gasteiger partial charge on any atom is -0.508 e. The standard InChI is InChI=1S/C32H46N6O6/c1-19(2)16-24(26(34)40)35-28(42)25(18-20-10-8-7-9-11-20)36-29(43)31(3,4)38-30(44)32(5,6)37-27(41)23(33)17-21-12-14-22(39)15-13-21/h7-15,19,23-25,39H,16-18,33H2,1-6H3,(H2,34,40)(H,35,42)(H,36,43)(H,37,41)(H,38,44)/t23-,24-,25-/m0/s1. The van der Waals surface area contributed by atoms with Crippen LogP contribution in [-0.2, 0) is 36.8 Å². The van der Waals surface area contributed by atoms with Crippen LogP contribution in [0.3, 0.4) is 0 Å². The maximum Gasteiger partial charge on any atom is 0.246 e. The average Bonchev–Trinajstić information content (AvgIpc) is 2.93. The fourth-order valence-electron chi connectivity index (χ4n) is 4.32. The zero-order chi connectivity index (χ0) is 33.2. The molecule has 0 radical (unpaired) electrons. The second-order valence-corrected chi connectivity index (χ2v) is 12.5. The van der Waals surface area contributed by atoms with E-state index < -0.39 is 58.7 Å². The van der Waals surface area contributed by atoms with Gasteiger partial charge in [-0.1, -0.05) is 56.3 Å². The monoisotopic (exact) mass is 610 g/mol. The van der Waals surface area contributed by atoms with Crippen LogP contribution in [0, 0.1) is 5.92 Å². The predicted molar refractivity (Wildman–Crippen MR) is 167 cm³/mol. The highest BCUT2D eigenvalue weighted by molar-refractivity contribution is 5.98. The number of nitrogens with one attached hydrogen (secondary N) is 4. The summed E-state index contributed by atoms with van der Waals surface area (Å²) in [4.78, 5) is 64.9. The number of carbonyl (C=O) groups excluding carboxylic acids is 5. The van der Waals surface area contributed by atoms with E-state index in [1.807, 2.05) is 19.9 Å². The fourth-order valence-corrected chi connectivity index (χ4v) is 4.32. The molecule has 0 fully saturated rings. The summed E-state index contributed by atoms with van der Waals surface area (Å²) < 4.78 is 0. The second-order valence-electron chi connectivity index (χ2n) is 12.5. The van der Waals surface area contributed by atoms with Crippen LogP contribution in [0.1, 0.15) is 59.1 Å². The number of amides is 5. The normalized spacial score (nSPS) is 13.7. The van der Waals surface area contributed by atoms with Gasteiger partial charge in [0, 0.05) is 6.42 Å². The van der Waals surface area contributed by atoms with Crippen LogP contribution in [0.25, 0.3) is 0 Å². The Morgan fingerprint density at radius 1 is 0.727 bits per heavy atom. The van der Waals surface area contributed by atoms with Crippen molar-refractivity contribution in [3.8, 4) is 5.75 Å². The van der Waals surface area contributed by atoms with Gasteiger partial charge in [0.15, 0.2) is 0 Å². The molecule has 0 aliphatic carbocycles. The van der Waals surface area contributed by atoms with Crippen LogP contribution in [0.15, 0.2) is 54.6 Å². The molecule has 0 heterocycles. The molecule has 240 valence electrons. The number of benzene rings is 2. The van der Waals surface area contributed by atoms with E-state index in [4.69, 9.17) is 11.5 Å². The fraction of sp³-hybridized carbons (Fsp3) is 0.469. The van der Waals surface area contributed by atoms with Crippen molar-refractivity contribution in [3.05, 3.63) is 65.7 Å². The third-order valence-corrected chi connectivity index (χ3v) is 7.00. The van der Waals surface area contributed by atoms with E-state index >= 15 is 0 Å². The topological polar surface area (TPSA) is 206 Å². The molecule has 2 aromatic carbocycles. The van der Waals surface area contributed by atoms with Gasteiger partial charge in [-0.25, -0.2) is 0 Å². The third-order valence-electron chi connectivity index (χ3n) is 7.00. The molecule has 12 heteroatoms. The molecule has 44 heavy (non-hydrogen) atoms.